The second-order valence-corrected chi connectivity index (χ2v) is 15.6. The summed E-state index contributed by atoms with van der Waals surface area (Å²) < 4.78 is 21.9. The van der Waals surface area contributed by atoms with Gasteiger partial charge in [-0.2, -0.15) is 0 Å². The number of nitrogens with one attached hydrogen (secondary N) is 4. The van der Waals surface area contributed by atoms with Crippen molar-refractivity contribution < 1.29 is 38.1 Å². The number of ether oxygens (including phenoxy) is 4. The fourth-order valence-electron chi connectivity index (χ4n) is 8.10. The zero-order chi connectivity index (χ0) is 51.9. The van der Waals surface area contributed by atoms with Crippen LogP contribution in [0.4, 0.5) is 4.79 Å². The van der Waals surface area contributed by atoms with Crippen LogP contribution in [0.25, 0.3) is 33.6 Å². The number of amides is 4. The molecule has 2 atom stereocenters. The number of rotatable bonds is 17. The van der Waals surface area contributed by atoms with Crippen molar-refractivity contribution in [3.63, 3.8) is 0 Å². The SMILES string of the molecule is C#C.C#C.CC.CCCN(Cc1ncc(-c2cc3c4c(c2)OCc2cc(-c5cnc(CN(CCC)C(=O)[C@H](NC=O)c6ccccc6)[nH]5)cc(c2-4)OC3)[nH]1)C(=O)C(NC(=O)OC)c1ccccc1.COC. The number of aromatic nitrogens is 4. The summed E-state index contributed by atoms with van der Waals surface area (Å²) in [5.41, 5.74) is 8.55. The lowest BCUT2D eigenvalue weighted by Gasteiger charge is -2.30. The first kappa shape index (κ1) is 55.3. The number of methoxy groups -OCH3 is 2. The minimum Gasteiger partial charge on any atom is -0.488 e. The van der Waals surface area contributed by atoms with Crippen LogP contribution in [-0.2, 0) is 50.2 Å². The van der Waals surface area contributed by atoms with Crippen LogP contribution in [0.1, 0.15) is 86.5 Å². The van der Waals surface area contributed by atoms with E-state index >= 15 is 0 Å². The van der Waals surface area contributed by atoms with Gasteiger partial charge >= 0.3 is 6.09 Å². The highest BCUT2D eigenvalue weighted by atomic mass is 16.5. The van der Waals surface area contributed by atoms with Crippen molar-refractivity contribution >= 4 is 24.3 Å². The van der Waals surface area contributed by atoms with E-state index in [1.807, 2.05) is 88.4 Å². The molecule has 4 N–H and O–H groups in total. The van der Waals surface area contributed by atoms with Gasteiger partial charge in [-0.3, -0.25) is 14.4 Å². The lowest BCUT2D eigenvalue weighted by atomic mass is 9.87. The summed E-state index contributed by atoms with van der Waals surface area (Å²) in [6.07, 6.45) is 20.8. The molecule has 0 aliphatic carbocycles. The normalized spacial score (nSPS) is 11.8. The number of hydrogen-bond donors (Lipinski definition) is 4. The number of hydrogen-bond acceptors (Lipinski definition) is 10. The minimum absolute atomic E-state index is 0.204. The van der Waals surface area contributed by atoms with Crippen LogP contribution in [0, 0.1) is 25.7 Å². The molecular weight excluding hydrogens is 901 g/mol. The van der Waals surface area contributed by atoms with E-state index in [1.54, 1.807) is 48.5 Å². The second-order valence-electron chi connectivity index (χ2n) is 15.6. The molecule has 4 amide bonds. The average Bonchev–Trinajstić information content (AvgIpc) is 4.11. The molecule has 0 radical (unpaired) electrons. The second kappa shape index (κ2) is 28.2. The quantitative estimate of drug-likeness (QED) is 0.0507. The molecule has 16 heteroatoms. The smallest absolute Gasteiger partial charge is 0.407 e. The first-order chi connectivity index (χ1) is 34.7. The topological polar surface area (TPSA) is 193 Å². The molecule has 4 aromatic carbocycles. The largest absolute Gasteiger partial charge is 0.488 e. The number of carbonyl (C=O) groups excluding carboxylic acids is 4. The maximum absolute atomic E-state index is 13.9. The zero-order valence-corrected chi connectivity index (χ0v) is 41.5. The van der Waals surface area contributed by atoms with Crippen molar-refractivity contribution in [2.45, 2.75) is 78.9 Å². The van der Waals surface area contributed by atoms with Crippen molar-refractivity contribution in [3.8, 4) is 70.8 Å². The summed E-state index contributed by atoms with van der Waals surface area (Å²) >= 11 is 0. The number of aromatic amines is 2. The Morgan fingerprint density at radius 3 is 1.49 bits per heavy atom. The Bertz CT molecular complexity index is 2640. The van der Waals surface area contributed by atoms with Gasteiger partial charge in [-0.25, -0.2) is 14.8 Å². The molecule has 0 fully saturated rings. The fourth-order valence-corrected chi connectivity index (χ4v) is 8.10. The number of alkyl carbamates (subject to hydrolysis) is 1. The van der Waals surface area contributed by atoms with Crippen LogP contribution < -0.4 is 20.1 Å². The first-order valence-corrected chi connectivity index (χ1v) is 23.2. The molecule has 372 valence electrons. The van der Waals surface area contributed by atoms with Gasteiger partial charge < -0.3 is 49.3 Å². The summed E-state index contributed by atoms with van der Waals surface area (Å²) in [5.74, 6) is 2.19. The Morgan fingerprint density at radius 2 is 1.10 bits per heavy atom. The monoisotopic (exact) mass is 964 g/mol. The van der Waals surface area contributed by atoms with E-state index < -0.39 is 18.2 Å². The highest BCUT2D eigenvalue weighted by Crippen LogP contribution is 2.50. The van der Waals surface area contributed by atoms with Gasteiger partial charge in [-0.15, -0.1) is 25.7 Å². The van der Waals surface area contributed by atoms with Crippen LogP contribution in [0.3, 0.4) is 0 Å². The highest BCUT2D eigenvalue weighted by molar-refractivity contribution is 5.89. The van der Waals surface area contributed by atoms with Crippen LogP contribution in [0.5, 0.6) is 11.5 Å². The van der Waals surface area contributed by atoms with Crippen molar-refractivity contribution in [2.24, 2.45) is 0 Å². The van der Waals surface area contributed by atoms with Crippen molar-refractivity contribution in [2.75, 3.05) is 34.4 Å². The van der Waals surface area contributed by atoms with Gasteiger partial charge in [-0.05, 0) is 48.2 Å². The molecule has 0 spiro atoms. The molecule has 0 saturated carbocycles. The van der Waals surface area contributed by atoms with Gasteiger partial charge in [-0.1, -0.05) is 88.4 Å². The van der Waals surface area contributed by atoms with Gasteiger partial charge in [0, 0.05) is 60.7 Å². The van der Waals surface area contributed by atoms with Gasteiger partial charge in [0.25, 0.3) is 0 Å². The molecule has 0 bridgehead atoms. The lowest BCUT2D eigenvalue weighted by Crippen LogP contribution is -2.43. The van der Waals surface area contributed by atoms with Gasteiger partial charge in [0.1, 0.15) is 48.4 Å². The molecule has 8 rings (SSSR count). The predicted octanol–water partition coefficient (Wildman–Crippen LogP) is 8.77. The number of benzene rings is 4. The molecule has 71 heavy (non-hydrogen) atoms. The maximum Gasteiger partial charge on any atom is 0.407 e. The zero-order valence-electron chi connectivity index (χ0n) is 41.5. The Hall–Kier alpha value is -8.34. The van der Waals surface area contributed by atoms with Gasteiger partial charge in [0.05, 0.1) is 44.0 Å². The molecule has 2 aromatic heterocycles. The predicted molar refractivity (Wildman–Crippen MR) is 274 cm³/mol. The fraction of sp³-hybridized carbons (Fsp3) is 0.309. The summed E-state index contributed by atoms with van der Waals surface area (Å²) in [5, 5.41) is 5.38. The van der Waals surface area contributed by atoms with E-state index in [0.29, 0.717) is 61.9 Å². The van der Waals surface area contributed by atoms with Crippen LogP contribution in [-0.4, -0.2) is 88.5 Å². The summed E-state index contributed by atoms with van der Waals surface area (Å²) in [6, 6.07) is 24.7. The third-order valence-corrected chi connectivity index (χ3v) is 11.0. The number of H-pyrrole nitrogens is 2. The van der Waals surface area contributed by atoms with E-state index in [2.05, 4.69) is 73.1 Å². The number of imidazole rings is 2. The van der Waals surface area contributed by atoms with E-state index in [9.17, 15) is 19.2 Å². The van der Waals surface area contributed by atoms with E-state index in [4.69, 9.17) is 14.2 Å². The molecule has 0 saturated heterocycles. The third kappa shape index (κ3) is 13.7. The average molecular weight is 965 g/mol. The Labute approximate surface area is 416 Å². The molecule has 2 aliphatic rings. The molecule has 6 aromatic rings. The highest BCUT2D eigenvalue weighted by Gasteiger charge is 2.32. The molecular formula is C55H64N8O8. The standard InChI is InChI=1S/C47H48N8O7.C2H6O.C2H6.2C2H2/c1-4-16-54(45(57)43(50-28-56)29-12-8-6-9-13-29)24-39-48-22-35(51-39)31-18-33-26-62-38-21-32(19-34-27-61-37(20-31)41(33)42(34)38)36-23-49-40(52-36)25-55(17-5-2)46(58)44(53-47(59)60-3)30-14-10-7-11-15-30;1-3-2;3*1-2/h6-15,18-23,28,43-44H,4-5,16-17,24-27H2,1-3H3,(H,48,51)(H,49,52)(H,50,56)(H,53,59);1-2H3;1-2H3;2*1-2H/t43-,44?;;;;/m1..../s1. The molecule has 4 heterocycles. The van der Waals surface area contributed by atoms with E-state index in [0.717, 1.165) is 62.7 Å². The number of nitrogens with zero attached hydrogens (tertiary/aromatic N) is 4. The van der Waals surface area contributed by atoms with Crippen molar-refractivity contribution in [1.29, 1.82) is 0 Å². The van der Waals surface area contributed by atoms with Gasteiger partial charge in [0.15, 0.2) is 0 Å². The Morgan fingerprint density at radius 1 is 0.690 bits per heavy atom. The van der Waals surface area contributed by atoms with Crippen LogP contribution in [0.2, 0.25) is 0 Å². The summed E-state index contributed by atoms with van der Waals surface area (Å²) in [6.45, 7) is 10.0. The Balaban J connectivity index is 0.00000115. The first-order valence-electron chi connectivity index (χ1n) is 23.2. The molecule has 1 unspecified atom stereocenters. The van der Waals surface area contributed by atoms with Crippen LogP contribution >= 0.6 is 0 Å². The maximum atomic E-state index is 13.9. The van der Waals surface area contributed by atoms with Crippen LogP contribution in [0.15, 0.2) is 97.3 Å². The Kier molecular flexibility index (Phi) is 22.0. The van der Waals surface area contributed by atoms with E-state index in [-0.39, 0.29) is 24.9 Å². The number of carbonyl (C=O) groups is 4. The lowest BCUT2D eigenvalue weighted by molar-refractivity contribution is -0.135. The third-order valence-electron chi connectivity index (χ3n) is 11.0. The van der Waals surface area contributed by atoms with Crippen molar-refractivity contribution in [1.82, 2.24) is 40.4 Å². The molecule has 2 aliphatic heterocycles. The van der Waals surface area contributed by atoms with Crippen molar-refractivity contribution in [3.05, 3.63) is 131 Å². The minimum atomic E-state index is -0.929. The summed E-state index contributed by atoms with van der Waals surface area (Å²) in [7, 11) is 4.52. The van der Waals surface area contributed by atoms with E-state index in [1.165, 1.54) is 7.11 Å². The molecule has 16 nitrogen and oxygen atoms in total. The number of terminal acetylenes is 2. The van der Waals surface area contributed by atoms with Gasteiger partial charge in [0.2, 0.25) is 18.2 Å². The summed E-state index contributed by atoms with van der Waals surface area (Å²) in [4.78, 5) is 70.9.